The number of para-hydroxylation sites is 2. The van der Waals surface area contributed by atoms with Gasteiger partial charge in [0.2, 0.25) is 5.95 Å². The Morgan fingerprint density at radius 1 is 0.474 bits per heavy atom. The van der Waals surface area contributed by atoms with Gasteiger partial charge < -0.3 is 0 Å². The average Bonchev–Trinajstić information content (AvgIpc) is 3.32. The maximum Gasteiger partial charge on any atom is 0.357 e. The second-order valence-corrected chi connectivity index (χ2v) is 9.12. The zero-order valence-corrected chi connectivity index (χ0v) is 20.4. The van der Waals surface area contributed by atoms with Crippen molar-refractivity contribution in [2.24, 2.45) is 0 Å². The summed E-state index contributed by atoms with van der Waals surface area (Å²) in [5.41, 5.74) is 5.35. The van der Waals surface area contributed by atoms with Crippen molar-refractivity contribution in [2.45, 2.75) is 0 Å². The van der Waals surface area contributed by atoms with Gasteiger partial charge in [0, 0.05) is 16.3 Å². The molecule has 2 aromatic heterocycles. The summed E-state index contributed by atoms with van der Waals surface area (Å²) in [5.74, 6) is 0.887. The van der Waals surface area contributed by atoms with E-state index in [4.69, 9.17) is 4.98 Å². The van der Waals surface area contributed by atoms with Gasteiger partial charge in [0.25, 0.3) is 0 Å². The second kappa shape index (κ2) is 8.98. The van der Waals surface area contributed by atoms with Crippen LogP contribution in [-0.4, -0.2) is 19.1 Å². The normalized spacial score (nSPS) is 11.3. The molecule has 0 atom stereocenters. The quantitative estimate of drug-likeness (QED) is 0.265. The molecule has 0 bridgehead atoms. The zero-order valence-electron chi connectivity index (χ0n) is 20.4. The summed E-state index contributed by atoms with van der Waals surface area (Å²) in [5, 5.41) is 2.16. The van der Waals surface area contributed by atoms with Crippen LogP contribution in [0, 0.1) is 0 Å². The van der Waals surface area contributed by atoms with Gasteiger partial charge >= 0.3 is 5.69 Å². The number of fused-ring (bicyclic) bond motifs is 3. The van der Waals surface area contributed by atoms with Gasteiger partial charge in [-0.25, -0.2) is 9.36 Å². The molecule has 0 N–H and O–H groups in total. The third-order valence-electron chi connectivity index (χ3n) is 6.83. The number of benzene rings is 5. The van der Waals surface area contributed by atoms with Crippen molar-refractivity contribution in [1.29, 1.82) is 0 Å². The number of rotatable bonds is 4. The lowest BCUT2D eigenvalue weighted by Gasteiger charge is -2.14. The molecule has 0 unspecified atom stereocenters. The van der Waals surface area contributed by atoms with E-state index in [9.17, 15) is 4.79 Å². The van der Waals surface area contributed by atoms with Crippen molar-refractivity contribution in [3.63, 3.8) is 0 Å². The van der Waals surface area contributed by atoms with Crippen molar-refractivity contribution in [1.82, 2.24) is 19.1 Å². The molecule has 0 aliphatic heterocycles. The van der Waals surface area contributed by atoms with Crippen LogP contribution in [0.25, 0.3) is 56.0 Å². The Bertz CT molecular complexity index is 1980. The maximum absolute atomic E-state index is 13.6. The predicted octanol–water partition coefficient (Wildman–Crippen LogP) is 7.06. The Labute approximate surface area is 218 Å². The highest BCUT2D eigenvalue weighted by molar-refractivity contribution is 6.10. The Morgan fingerprint density at radius 3 is 1.82 bits per heavy atom. The van der Waals surface area contributed by atoms with Gasteiger partial charge in [-0.3, -0.25) is 4.57 Å². The number of hydrogen-bond donors (Lipinski definition) is 0. The van der Waals surface area contributed by atoms with Crippen LogP contribution >= 0.6 is 0 Å². The Balaban J connectivity index is 1.52. The van der Waals surface area contributed by atoms with Crippen LogP contribution < -0.4 is 5.69 Å². The van der Waals surface area contributed by atoms with Crippen LogP contribution in [0.1, 0.15) is 0 Å². The number of hydrogen-bond acceptors (Lipinski definition) is 3. The van der Waals surface area contributed by atoms with Crippen molar-refractivity contribution in [2.75, 3.05) is 0 Å². The first-order valence-electron chi connectivity index (χ1n) is 12.5. The molecular formula is C33H22N4O. The SMILES string of the molecule is O=c1nc(-n2c3ccccc3c3cc(-c4ccccc4)ccc32)nc(-c2ccccc2)n1-c1ccccc1. The van der Waals surface area contributed by atoms with Gasteiger partial charge in [0.1, 0.15) is 0 Å². The molecule has 5 heteroatoms. The average molecular weight is 491 g/mol. The van der Waals surface area contributed by atoms with Gasteiger partial charge in [-0.2, -0.15) is 9.97 Å². The van der Waals surface area contributed by atoms with E-state index in [2.05, 4.69) is 41.4 Å². The van der Waals surface area contributed by atoms with E-state index in [0.717, 1.165) is 44.2 Å². The number of aromatic nitrogens is 4. The Morgan fingerprint density at radius 2 is 1.08 bits per heavy atom. The Hall–Kier alpha value is -5.29. The Kier molecular flexibility index (Phi) is 5.19. The molecule has 5 aromatic carbocycles. The predicted molar refractivity (Wildman–Crippen MR) is 153 cm³/mol. The molecule has 0 aliphatic carbocycles. The molecule has 0 radical (unpaired) electrons. The van der Waals surface area contributed by atoms with E-state index >= 15 is 0 Å². The highest BCUT2D eigenvalue weighted by atomic mass is 16.1. The summed E-state index contributed by atoms with van der Waals surface area (Å²) < 4.78 is 3.56. The third kappa shape index (κ3) is 3.61. The molecule has 0 spiro atoms. The highest BCUT2D eigenvalue weighted by Gasteiger charge is 2.19. The lowest BCUT2D eigenvalue weighted by Crippen LogP contribution is -2.26. The van der Waals surface area contributed by atoms with Crippen LogP contribution in [0.15, 0.2) is 138 Å². The number of nitrogens with zero attached hydrogens (tertiary/aromatic N) is 4. The molecule has 0 aliphatic rings. The maximum atomic E-state index is 13.6. The van der Waals surface area contributed by atoms with Crippen LogP contribution in [0.5, 0.6) is 0 Å². The van der Waals surface area contributed by atoms with Gasteiger partial charge in [-0.15, -0.1) is 0 Å². The van der Waals surface area contributed by atoms with E-state index in [1.54, 1.807) is 4.57 Å². The van der Waals surface area contributed by atoms with E-state index in [1.165, 1.54) is 0 Å². The fraction of sp³-hybridized carbons (Fsp3) is 0. The molecule has 38 heavy (non-hydrogen) atoms. The minimum Gasteiger partial charge on any atom is -0.278 e. The van der Waals surface area contributed by atoms with Gasteiger partial charge in [0.05, 0.1) is 16.7 Å². The summed E-state index contributed by atoms with van der Waals surface area (Å²) in [6, 6.07) is 44.2. The van der Waals surface area contributed by atoms with Crippen molar-refractivity contribution >= 4 is 21.8 Å². The molecule has 0 fully saturated rings. The summed E-state index contributed by atoms with van der Waals surface area (Å²) >= 11 is 0. The van der Waals surface area contributed by atoms with E-state index < -0.39 is 0 Å². The first-order valence-corrected chi connectivity index (χ1v) is 12.5. The summed E-state index contributed by atoms with van der Waals surface area (Å²) in [7, 11) is 0. The molecule has 2 heterocycles. The molecule has 5 nitrogen and oxygen atoms in total. The van der Waals surface area contributed by atoms with Crippen LogP contribution in [0.2, 0.25) is 0 Å². The topological polar surface area (TPSA) is 52.7 Å². The minimum absolute atomic E-state index is 0.347. The standard InChI is InChI=1S/C33H22N4O/c38-33-35-32(34-31(24-14-6-2-7-15-24)36(33)26-16-8-3-9-17-26)37-29-19-11-10-18-27(29)28-22-25(20-21-30(28)37)23-12-4-1-5-13-23/h1-22H. The van der Waals surface area contributed by atoms with E-state index in [-0.39, 0.29) is 5.69 Å². The van der Waals surface area contributed by atoms with Gasteiger partial charge in [0.15, 0.2) is 5.82 Å². The molecule has 0 saturated carbocycles. The third-order valence-corrected chi connectivity index (χ3v) is 6.83. The van der Waals surface area contributed by atoms with Gasteiger partial charge in [-0.1, -0.05) is 103 Å². The zero-order chi connectivity index (χ0) is 25.5. The first-order chi connectivity index (χ1) is 18.8. The first kappa shape index (κ1) is 21.9. The fourth-order valence-electron chi connectivity index (χ4n) is 5.09. The molecule has 0 saturated heterocycles. The largest absolute Gasteiger partial charge is 0.357 e. The lowest BCUT2D eigenvalue weighted by atomic mass is 10.0. The van der Waals surface area contributed by atoms with E-state index in [0.29, 0.717) is 11.8 Å². The highest BCUT2D eigenvalue weighted by Crippen LogP contribution is 2.34. The smallest absolute Gasteiger partial charge is 0.278 e. The fourth-order valence-corrected chi connectivity index (χ4v) is 5.09. The lowest BCUT2D eigenvalue weighted by molar-refractivity contribution is 0.833. The van der Waals surface area contributed by atoms with Crippen molar-refractivity contribution < 1.29 is 0 Å². The molecule has 180 valence electrons. The van der Waals surface area contributed by atoms with Crippen molar-refractivity contribution in [3.05, 3.63) is 144 Å². The molecule has 7 rings (SSSR count). The summed E-state index contributed by atoms with van der Waals surface area (Å²) in [6.45, 7) is 0. The minimum atomic E-state index is -0.383. The molecule has 0 amide bonds. The summed E-state index contributed by atoms with van der Waals surface area (Å²) in [6.07, 6.45) is 0. The van der Waals surface area contributed by atoms with E-state index in [1.807, 2.05) is 102 Å². The van der Waals surface area contributed by atoms with Crippen molar-refractivity contribution in [3.8, 4) is 34.2 Å². The van der Waals surface area contributed by atoms with Crippen LogP contribution in [0.4, 0.5) is 0 Å². The monoisotopic (exact) mass is 490 g/mol. The van der Waals surface area contributed by atoms with Crippen LogP contribution in [0.3, 0.4) is 0 Å². The molecule has 7 aromatic rings. The van der Waals surface area contributed by atoms with Crippen LogP contribution in [-0.2, 0) is 0 Å². The van der Waals surface area contributed by atoms with Gasteiger partial charge in [-0.05, 0) is 41.5 Å². The molecular weight excluding hydrogens is 468 g/mol. The second-order valence-electron chi connectivity index (χ2n) is 9.12. The summed E-state index contributed by atoms with van der Waals surface area (Å²) in [4.78, 5) is 23.2.